The van der Waals surface area contributed by atoms with Gasteiger partial charge in [0, 0.05) is 37.9 Å². The first-order valence-corrected chi connectivity index (χ1v) is 20.4. The Kier molecular flexibility index (Phi) is 6.48. The molecule has 1 aliphatic carbocycles. The minimum absolute atomic E-state index is 0.223. The van der Waals surface area contributed by atoms with Gasteiger partial charge in [0.25, 0.3) is 0 Å². The molecule has 0 bridgehead atoms. The number of aromatic nitrogens is 4. The van der Waals surface area contributed by atoms with Crippen molar-refractivity contribution in [2.24, 2.45) is 0 Å². The fourth-order valence-electron chi connectivity index (χ4n) is 10.5. The molecule has 13 rings (SSSR count). The lowest BCUT2D eigenvalue weighted by Gasteiger charge is -2.25. The largest absolute Gasteiger partial charge is 0.309 e. The smallest absolute Gasteiger partial charge is 0.165 e. The Morgan fingerprint density at radius 3 is 1.92 bits per heavy atom. The Balaban J connectivity index is 1.12. The molecule has 59 heavy (non-hydrogen) atoms. The van der Waals surface area contributed by atoms with Gasteiger partial charge in [-0.3, -0.25) is 4.57 Å². The summed E-state index contributed by atoms with van der Waals surface area (Å²) in [4.78, 5) is 11.1. The fourth-order valence-corrected chi connectivity index (χ4v) is 10.5. The highest BCUT2D eigenvalue weighted by molar-refractivity contribution is 6.22. The van der Waals surface area contributed by atoms with E-state index in [2.05, 4.69) is 205 Å². The van der Waals surface area contributed by atoms with Gasteiger partial charge in [0.1, 0.15) is 5.69 Å². The lowest BCUT2D eigenvalue weighted by Crippen LogP contribution is -2.17. The lowest BCUT2D eigenvalue weighted by atomic mass is 9.79. The molecule has 0 fully saturated rings. The van der Waals surface area contributed by atoms with Gasteiger partial charge >= 0.3 is 0 Å². The molecule has 0 unspecified atom stereocenters. The van der Waals surface area contributed by atoms with E-state index in [0.717, 1.165) is 44.8 Å². The predicted molar refractivity (Wildman–Crippen MR) is 246 cm³/mol. The van der Waals surface area contributed by atoms with Crippen molar-refractivity contribution in [2.75, 3.05) is 0 Å². The van der Waals surface area contributed by atoms with E-state index in [9.17, 15) is 0 Å². The van der Waals surface area contributed by atoms with Crippen molar-refractivity contribution in [2.45, 2.75) is 19.3 Å². The van der Waals surface area contributed by atoms with Crippen LogP contribution in [0.3, 0.4) is 0 Å². The van der Waals surface area contributed by atoms with E-state index in [1.165, 1.54) is 76.4 Å². The molecule has 0 atom stereocenters. The van der Waals surface area contributed by atoms with Crippen LogP contribution in [0.25, 0.3) is 110 Å². The average Bonchev–Trinajstić information content (AvgIpc) is 3.88. The summed E-state index contributed by atoms with van der Waals surface area (Å²) in [6, 6.07) is 66.2. The lowest BCUT2D eigenvalue weighted by molar-refractivity contribution is 0.661. The third kappa shape index (κ3) is 4.38. The van der Waals surface area contributed by atoms with Crippen molar-refractivity contribution in [1.29, 1.82) is 0 Å². The zero-order valence-corrected chi connectivity index (χ0v) is 32.6. The van der Waals surface area contributed by atoms with Crippen LogP contribution in [-0.4, -0.2) is 19.1 Å². The van der Waals surface area contributed by atoms with Gasteiger partial charge in [-0.1, -0.05) is 147 Å². The van der Waals surface area contributed by atoms with Gasteiger partial charge in [-0.15, -0.1) is 0 Å². The van der Waals surface area contributed by atoms with E-state index < -0.39 is 0 Å². The number of fused-ring (bicyclic) bond motifs is 13. The minimum Gasteiger partial charge on any atom is -0.309 e. The van der Waals surface area contributed by atoms with E-state index in [1.54, 1.807) is 0 Å². The zero-order valence-electron chi connectivity index (χ0n) is 32.6. The maximum Gasteiger partial charge on any atom is 0.165 e. The second kappa shape index (κ2) is 11.7. The van der Waals surface area contributed by atoms with Crippen LogP contribution in [0.4, 0.5) is 0 Å². The van der Waals surface area contributed by atoms with Crippen molar-refractivity contribution < 1.29 is 0 Å². The zero-order chi connectivity index (χ0) is 39.0. The van der Waals surface area contributed by atoms with Crippen molar-refractivity contribution in [3.8, 4) is 33.9 Å². The van der Waals surface area contributed by atoms with Crippen LogP contribution in [-0.2, 0) is 5.41 Å². The van der Waals surface area contributed by atoms with Crippen LogP contribution in [0.1, 0.15) is 25.0 Å². The van der Waals surface area contributed by atoms with E-state index in [4.69, 9.17) is 9.97 Å². The first-order valence-electron chi connectivity index (χ1n) is 20.4. The highest BCUT2D eigenvalue weighted by Gasteiger charge is 2.38. The van der Waals surface area contributed by atoms with Gasteiger partial charge in [-0.2, -0.15) is 0 Å². The molecule has 9 aromatic carbocycles. The van der Waals surface area contributed by atoms with Crippen molar-refractivity contribution in [1.82, 2.24) is 19.1 Å². The average molecular weight is 753 g/mol. The Morgan fingerprint density at radius 2 is 1.05 bits per heavy atom. The molecule has 0 spiro atoms. The Morgan fingerprint density at radius 1 is 0.407 bits per heavy atom. The third-order valence-electron chi connectivity index (χ3n) is 13.1. The van der Waals surface area contributed by atoms with Gasteiger partial charge in [0.05, 0.1) is 38.8 Å². The molecule has 276 valence electrons. The number of nitrogens with zero attached hydrogens (tertiary/aromatic N) is 4. The molecule has 0 radical (unpaired) electrons. The molecular weight excluding hydrogens is 717 g/mol. The fraction of sp³-hybridized carbons (Fsp3) is 0.0545. The van der Waals surface area contributed by atoms with Crippen LogP contribution in [0.2, 0.25) is 0 Å². The molecule has 0 N–H and O–H groups in total. The number of hydrogen-bond donors (Lipinski definition) is 0. The molecule has 4 heteroatoms. The van der Waals surface area contributed by atoms with Crippen LogP contribution in [0.15, 0.2) is 182 Å². The topological polar surface area (TPSA) is 35.6 Å². The van der Waals surface area contributed by atoms with Crippen LogP contribution in [0, 0.1) is 0 Å². The molecule has 4 nitrogen and oxygen atoms in total. The summed E-state index contributed by atoms with van der Waals surface area (Å²) in [6.07, 6.45) is 0. The standard InChI is InChI=1S/C55H36N4/c1-55(2)43-23-8-5-18-36(43)38-21-14-22-40(52(38)55)53-54(57-45-25-10-9-24-44(45)56-53)59-46-26-11-6-19-37(46)42-32-41-34(31-50(42)59)16-13-28-48(41)58-47-27-12-7-20-39(47)51-35-17-4-3-15-33(35)29-30-49(51)58/h3-32H,1-2H3. The van der Waals surface area contributed by atoms with E-state index in [-0.39, 0.29) is 5.41 Å². The van der Waals surface area contributed by atoms with Gasteiger partial charge in [0.15, 0.2) is 5.82 Å². The summed E-state index contributed by atoms with van der Waals surface area (Å²) in [5.41, 5.74) is 14.5. The molecule has 0 amide bonds. The van der Waals surface area contributed by atoms with Crippen LogP contribution in [0.5, 0.6) is 0 Å². The monoisotopic (exact) mass is 752 g/mol. The van der Waals surface area contributed by atoms with E-state index in [1.807, 2.05) is 0 Å². The molecule has 0 saturated carbocycles. The number of hydrogen-bond acceptors (Lipinski definition) is 2. The predicted octanol–water partition coefficient (Wildman–Crippen LogP) is 14.1. The van der Waals surface area contributed by atoms with Gasteiger partial charge in [-0.05, 0) is 86.9 Å². The molecule has 0 saturated heterocycles. The summed E-state index contributed by atoms with van der Waals surface area (Å²) in [5, 5.41) is 9.79. The van der Waals surface area contributed by atoms with Crippen LogP contribution >= 0.6 is 0 Å². The van der Waals surface area contributed by atoms with Gasteiger partial charge in [-0.25, -0.2) is 9.97 Å². The normalized spacial score (nSPS) is 13.4. The van der Waals surface area contributed by atoms with E-state index in [0.29, 0.717) is 0 Å². The van der Waals surface area contributed by atoms with Crippen molar-refractivity contribution >= 4 is 76.2 Å². The minimum atomic E-state index is -0.223. The van der Waals surface area contributed by atoms with Gasteiger partial charge < -0.3 is 4.57 Å². The maximum absolute atomic E-state index is 5.54. The van der Waals surface area contributed by atoms with Gasteiger partial charge in [0.2, 0.25) is 0 Å². The Hall–Kier alpha value is -7.56. The first-order chi connectivity index (χ1) is 29.0. The summed E-state index contributed by atoms with van der Waals surface area (Å²) in [7, 11) is 0. The number of benzene rings is 9. The highest BCUT2D eigenvalue weighted by Crippen LogP contribution is 2.53. The number of rotatable bonds is 3. The Labute approximate surface area is 340 Å². The highest BCUT2D eigenvalue weighted by atomic mass is 15.1. The third-order valence-corrected chi connectivity index (χ3v) is 13.1. The molecule has 0 aliphatic heterocycles. The summed E-state index contributed by atoms with van der Waals surface area (Å²) in [6.45, 7) is 4.69. The van der Waals surface area contributed by atoms with Crippen molar-refractivity contribution in [3.05, 3.63) is 193 Å². The molecular formula is C55H36N4. The number of para-hydroxylation sites is 4. The SMILES string of the molecule is CC1(C)c2ccccc2-c2cccc(-c3nc4ccccc4nc3-n3c4ccccc4c4cc5c(-n6c7ccccc7c7c8ccccc8ccc76)cccc5cc43)c21. The summed E-state index contributed by atoms with van der Waals surface area (Å²) < 4.78 is 4.83. The second-order valence-corrected chi connectivity index (χ2v) is 16.5. The summed E-state index contributed by atoms with van der Waals surface area (Å²) >= 11 is 0. The Bertz CT molecular complexity index is 3770. The maximum atomic E-state index is 5.54. The first kappa shape index (κ1) is 32.5. The summed E-state index contributed by atoms with van der Waals surface area (Å²) in [5.74, 6) is 0.833. The molecule has 3 heterocycles. The quantitative estimate of drug-likeness (QED) is 0.180. The molecule has 3 aromatic heterocycles. The second-order valence-electron chi connectivity index (χ2n) is 16.5. The van der Waals surface area contributed by atoms with Crippen molar-refractivity contribution in [3.63, 3.8) is 0 Å². The van der Waals surface area contributed by atoms with Crippen LogP contribution < -0.4 is 0 Å². The molecule has 12 aromatic rings. The molecule has 1 aliphatic rings. The van der Waals surface area contributed by atoms with E-state index >= 15 is 0 Å².